The van der Waals surface area contributed by atoms with Crippen molar-refractivity contribution in [3.63, 3.8) is 0 Å². The average Bonchev–Trinajstić information content (AvgIpc) is 2.88. The molecule has 0 unspecified atom stereocenters. The second-order valence-corrected chi connectivity index (χ2v) is 5.26. The number of nitrogen functional groups attached to an aromatic ring is 1. The standard InChI is InChI=1S/C9H9N5O2S2/c10-12-8-6(2-1-3-7(8)14(15)16)4-17-9-13-11-5-18-9/h1-3,5,12H,4,10H2. The van der Waals surface area contributed by atoms with Gasteiger partial charge in [-0.05, 0) is 5.56 Å². The summed E-state index contributed by atoms with van der Waals surface area (Å²) in [6.07, 6.45) is 0. The number of thioether (sulfide) groups is 1. The maximum Gasteiger partial charge on any atom is 0.293 e. The zero-order valence-electron chi connectivity index (χ0n) is 9.07. The monoisotopic (exact) mass is 283 g/mol. The predicted octanol–water partition coefficient (Wildman–Crippen LogP) is 2.02. The van der Waals surface area contributed by atoms with Crippen LogP contribution in [0.15, 0.2) is 28.0 Å². The molecular weight excluding hydrogens is 274 g/mol. The lowest BCUT2D eigenvalue weighted by molar-refractivity contribution is -0.384. The number of hydrogen-bond donors (Lipinski definition) is 2. The van der Waals surface area contributed by atoms with E-state index in [4.69, 9.17) is 5.84 Å². The summed E-state index contributed by atoms with van der Waals surface area (Å²) in [5.74, 6) is 5.89. The van der Waals surface area contributed by atoms with Gasteiger partial charge in [-0.25, -0.2) is 0 Å². The highest BCUT2D eigenvalue weighted by molar-refractivity contribution is 8.00. The molecular formula is C9H9N5O2S2. The number of para-hydroxylation sites is 1. The molecule has 0 saturated carbocycles. The summed E-state index contributed by atoms with van der Waals surface area (Å²) >= 11 is 2.88. The quantitative estimate of drug-likeness (QED) is 0.374. The molecule has 0 aliphatic rings. The molecule has 0 spiro atoms. The molecule has 18 heavy (non-hydrogen) atoms. The van der Waals surface area contributed by atoms with Gasteiger partial charge in [0.1, 0.15) is 11.2 Å². The molecule has 0 atom stereocenters. The molecule has 1 aromatic heterocycles. The first-order valence-electron chi connectivity index (χ1n) is 4.84. The van der Waals surface area contributed by atoms with Crippen molar-refractivity contribution in [1.29, 1.82) is 0 Å². The average molecular weight is 283 g/mol. The van der Waals surface area contributed by atoms with Crippen molar-refractivity contribution >= 4 is 34.5 Å². The van der Waals surface area contributed by atoms with E-state index in [1.54, 1.807) is 17.6 Å². The van der Waals surface area contributed by atoms with E-state index < -0.39 is 4.92 Å². The first-order valence-corrected chi connectivity index (χ1v) is 6.70. The third kappa shape index (κ3) is 2.75. The van der Waals surface area contributed by atoms with Gasteiger partial charge in [-0.1, -0.05) is 35.2 Å². The number of nitro groups is 1. The van der Waals surface area contributed by atoms with Crippen LogP contribution < -0.4 is 11.3 Å². The lowest BCUT2D eigenvalue weighted by Gasteiger charge is -2.07. The fourth-order valence-corrected chi connectivity index (χ4v) is 2.87. The minimum Gasteiger partial charge on any atom is -0.318 e. The molecule has 0 aliphatic carbocycles. The molecule has 0 amide bonds. The van der Waals surface area contributed by atoms with Crippen molar-refractivity contribution in [2.45, 2.75) is 10.1 Å². The number of nitrogens with zero attached hydrogens (tertiary/aromatic N) is 3. The molecule has 2 rings (SSSR count). The molecule has 7 nitrogen and oxygen atoms in total. The molecule has 3 N–H and O–H groups in total. The number of nitro benzene ring substituents is 1. The van der Waals surface area contributed by atoms with E-state index in [0.29, 0.717) is 11.4 Å². The van der Waals surface area contributed by atoms with Crippen LogP contribution in [0.5, 0.6) is 0 Å². The number of anilines is 1. The molecule has 0 aliphatic heterocycles. The van der Waals surface area contributed by atoms with E-state index in [9.17, 15) is 10.1 Å². The molecule has 1 aromatic carbocycles. The van der Waals surface area contributed by atoms with Crippen LogP contribution in [0.25, 0.3) is 0 Å². The van der Waals surface area contributed by atoms with E-state index in [1.165, 1.54) is 29.2 Å². The molecule has 2 aromatic rings. The first-order chi connectivity index (χ1) is 8.72. The Labute approximate surface area is 111 Å². The van der Waals surface area contributed by atoms with Crippen molar-refractivity contribution in [2.24, 2.45) is 5.84 Å². The summed E-state index contributed by atoms with van der Waals surface area (Å²) < 4.78 is 0.810. The Morgan fingerprint density at radius 1 is 1.56 bits per heavy atom. The zero-order chi connectivity index (χ0) is 13.0. The fraction of sp³-hybridized carbons (Fsp3) is 0.111. The normalized spacial score (nSPS) is 10.3. The fourth-order valence-electron chi connectivity index (χ4n) is 1.39. The summed E-state index contributed by atoms with van der Waals surface area (Å²) in [7, 11) is 0. The number of nitrogens with two attached hydrogens (primary N) is 1. The highest BCUT2D eigenvalue weighted by Crippen LogP contribution is 2.32. The van der Waals surface area contributed by atoms with Crippen molar-refractivity contribution in [3.8, 4) is 0 Å². The molecule has 9 heteroatoms. The van der Waals surface area contributed by atoms with E-state index in [2.05, 4.69) is 15.6 Å². The SMILES string of the molecule is NNc1c(CSc2nncs2)cccc1[N+](=O)[O-]. The van der Waals surface area contributed by atoms with Gasteiger partial charge in [-0.3, -0.25) is 16.0 Å². The van der Waals surface area contributed by atoms with Crippen LogP contribution in [0, 0.1) is 10.1 Å². The van der Waals surface area contributed by atoms with E-state index in [0.717, 1.165) is 9.90 Å². The number of hydrazine groups is 1. The smallest absolute Gasteiger partial charge is 0.293 e. The van der Waals surface area contributed by atoms with Crippen molar-refractivity contribution in [3.05, 3.63) is 39.4 Å². The summed E-state index contributed by atoms with van der Waals surface area (Å²) in [5.41, 5.74) is 5.08. The second-order valence-electron chi connectivity index (χ2n) is 3.21. The van der Waals surface area contributed by atoms with Gasteiger partial charge >= 0.3 is 0 Å². The van der Waals surface area contributed by atoms with Crippen LogP contribution in [-0.4, -0.2) is 15.1 Å². The number of nitrogens with one attached hydrogen (secondary N) is 1. The lowest BCUT2D eigenvalue weighted by Crippen LogP contribution is -2.11. The van der Waals surface area contributed by atoms with Crippen LogP contribution in [0.4, 0.5) is 11.4 Å². The van der Waals surface area contributed by atoms with Gasteiger partial charge in [0, 0.05) is 11.8 Å². The van der Waals surface area contributed by atoms with Crippen LogP contribution in [-0.2, 0) is 5.75 Å². The third-order valence-electron chi connectivity index (χ3n) is 2.16. The predicted molar refractivity (Wildman–Crippen MR) is 70.4 cm³/mol. The van der Waals surface area contributed by atoms with Crippen molar-refractivity contribution in [2.75, 3.05) is 5.43 Å². The third-order valence-corrected chi connectivity index (χ3v) is 4.07. The highest BCUT2D eigenvalue weighted by Gasteiger charge is 2.16. The minimum atomic E-state index is -0.464. The summed E-state index contributed by atoms with van der Waals surface area (Å²) in [6.45, 7) is 0. The number of benzene rings is 1. The molecule has 0 bridgehead atoms. The Hall–Kier alpha value is -1.71. The van der Waals surface area contributed by atoms with E-state index in [1.807, 2.05) is 0 Å². The Morgan fingerprint density at radius 3 is 3.00 bits per heavy atom. The zero-order valence-corrected chi connectivity index (χ0v) is 10.7. The number of rotatable bonds is 5. The molecule has 1 heterocycles. The van der Waals surface area contributed by atoms with Gasteiger partial charge in [0.05, 0.1) is 4.92 Å². The van der Waals surface area contributed by atoms with E-state index >= 15 is 0 Å². The second kappa shape index (κ2) is 5.76. The maximum atomic E-state index is 10.8. The summed E-state index contributed by atoms with van der Waals surface area (Å²) in [6, 6.07) is 4.83. The van der Waals surface area contributed by atoms with Gasteiger partial charge in [0.15, 0.2) is 4.34 Å². The van der Waals surface area contributed by atoms with Gasteiger partial charge in [-0.15, -0.1) is 10.2 Å². The van der Waals surface area contributed by atoms with E-state index in [-0.39, 0.29) is 5.69 Å². The van der Waals surface area contributed by atoms with Gasteiger partial charge in [0.2, 0.25) is 0 Å². The van der Waals surface area contributed by atoms with Crippen LogP contribution in [0.2, 0.25) is 0 Å². The number of hydrogen-bond acceptors (Lipinski definition) is 8. The Morgan fingerprint density at radius 2 is 2.39 bits per heavy atom. The van der Waals surface area contributed by atoms with Gasteiger partial charge < -0.3 is 5.43 Å². The van der Waals surface area contributed by atoms with Crippen LogP contribution >= 0.6 is 23.1 Å². The molecule has 0 radical (unpaired) electrons. The Balaban J connectivity index is 2.22. The molecule has 0 saturated heterocycles. The largest absolute Gasteiger partial charge is 0.318 e. The van der Waals surface area contributed by atoms with Crippen molar-refractivity contribution in [1.82, 2.24) is 10.2 Å². The van der Waals surface area contributed by atoms with Crippen molar-refractivity contribution < 1.29 is 4.92 Å². The first kappa shape index (κ1) is 12.7. The summed E-state index contributed by atoms with van der Waals surface area (Å²) in [5, 5.41) is 18.5. The number of aromatic nitrogens is 2. The Kier molecular flexibility index (Phi) is 4.07. The van der Waals surface area contributed by atoms with Crippen LogP contribution in [0.1, 0.15) is 5.56 Å². The van der Waals surface area contributed by atoms with Gasteiger partial charge in [-0.2, -0.15) is 0 Å². The Bertz CT molecular complexity index is 546. The van der Waals surface area contributed by atoms with Crippen LogP contribution in [0.3, 0.4) is 0 Å². The minimum absolute atomic E-state index is 0.0344. The lowest BCUT2D eigenvalue weighted by atomic mass is 10.2. The van der Waals surface area contributed by atoms with Gasteiger partial charge in [0.25, 0.3) is 5.69 Å². The maximum absolute atomic E-state index is 10.8. The molecule has 94 valence electrons. The molecule has 0 fully saturated rings. The summed E-state index contributed by atoms with van der Waals surface area (Å²) in [4.78, 5) is 10.4. The topological polar surface area (TPSA) is 107 Å². The highest BCUT2D eigenvalue weighted by atomic mass is 32.2.